The molecule has 6 nitrogen and oxygen atoms in total. The van der Waals surface area contributed by atoms with Crippen molar-refractivity contribution in [3.8, 4) is 5.75 Å². The molecule has 0 aliphatic heterocycles. The third-order valence-corrected chi connectivity index (χ3v) is 2.57. The van der Waals surface area contributed by atoms with Gasteiger partial charge in [-0.2, -0.15) is 5.10 Å². The van der Waals surface area contributed by atoms with Crippen LogP contribution in [0.2, 0.25) is 0 Å². The van der Waals surface area contributed by atoms with Crippen LogP contribution in [0.5, 0.6) is 5.75 Å². The Balaban J connectivity index is 2.26. The SMILES string of the molecule is COc1ccc(N)c(C(=O)Nc2[nH]ncc2C)c1. The van der Waals surface area contributed by atoms with Gasteiger partial charge < -0.3 is 15.8 Å². The van der Waals surface area contributed by atoms with E-state index >= 15 is 0 Å². The van der Waals surface area contributed by atoms with Gasteiger partial charge >= 0.3 is 0 Å². The molecule has 4 N–H and O–H groups in total. The van der Waals surface area contributed by atoms with Crippen molar-refractivity contribution >= 4 is 17.4 Å². The van der Waals surface area contributed by atoms with Gasteiger partial charge in [-0.05, 0) is 25.1 Å². The van der Waals surface area contributed by atoms with Crippen molar-refractivity contribution in [3.63, 3.8) is 0 Å². The van der Waals surface area contributed by atoms with Crippen LogP contribution >= 0.6 is 0 Å². The van der Waals surface area contributed by atoms with Crippen molar-refractivity contribution in [3.05, 3.63) is 35.5 Å². The molecule has 0 fully saturated rings. The Kier molecular flexibility index (Phi) is 3.18. The molecule has 2 aromatic rings. The number of ether oxygens (including phenoxy) is 1. The highest BCUT2D eigenvalue weighted by molar-refractivity contribution is 6.07. The quantitative estimate of drug-likeness (QED) is 0.716. The second kappa shape index (κ2) is 4.79. The molecule has 0 saturated carbocycles. The first kappa shape index (κ1) is 12.0. The second-order valence-corrected chi connectivity index (χ2v) is 3.84. The van der Waals surface area contributed by atoms with Crippen LogP contribution in [0.1, 0.15) is 15.9 Å². The Bertz CT molecular complexity index is 577. The first-order valence-corrected chi connectivity index (χ1v) is 5.36. The molecule has 0 saturated heterocycles. The molecule has 18 heavy (non-hydrogen) atoms. The fraction of sp³-hybridized carbons (Fsp3) is 0.167. The van der Waals surface area contributed by atoms with Crippen molar-refractivity contribution in [1.82, 2.24) is 10.2 Å². The maximum Gasteiger partial charge on any atom is 0.259 e. The molecule has 0 aliphatic rings. The fourth-order valence-electron chi connectivity index (χ4n) is 1.51. The molecule has 1 aromatic carbocycles. The highest BCUT2D eigenvalue weighted by Crippen LogP contribution is 2.21. The van der Waals surface area contributed by atoms with E-state index in [0.29, 0.717) is 22.8 Å². The largest absolute Gasteiger partial charge is 0.497 e. The summed E-state index contributed by atoms with van der Waals surface area (Å²) in [5.41, 5.74) is 7.38. The van der Waals surface area contributed by atoms with E-state index in [4.69, 9.17) is 10.5 Å². The molecule has 6 heteroatoms. The first-order valence-electron chi connectivity index (χ1n) is 5.36. The van der Waals surface area contributed by atoms with Crippen LogP contribution < -0.4 is 15.8 Å². The number of carbonyl (C=O) groups excluding carboxylic acids is 1. The zero-order valence-electron chi connectivity index (χ0n) is 10.2. The van der Waals surface area contributed by atoms with Crippen LogP contribution in [0.25, 0.3) is 0 Å². The smallest absolute Gasteiger partial charge is 0.259 e. The molecule has 0 radical (unpaired) electrons. The highest BCUT2D eigenvalue weighted by atomic mass is 16.5. The lowest BCUT2D eigenvalue weighted by molar-refractivity contribution is 0.102. The zero-order chi connectivity index (χ0) is 13.1. The molecule has 94 valence electrons. The summed E-state index contributed by atoms with van der Waals surface area (Å²) in [5, 5.41) is 9.24. The predicted molar refractivity (Wildman–Crippen MR) is 68.7 cm³/mol. The second-order valence-electron chi connectivity index (χ2n) is 3.84. The summed E-state index contributed by atoms with van der Waals surface area (Å²) in [5.74, 6) is 0.830. The fourth-order valence-corrected chi connectivity index (χ4v) is 1.51. The third-order valence-electron chi connectivity index (χ3n) is 2.57. The number of aryl methyl sites for hydroxylation is 1. The third kappa shape index (κ3) is 2.27. The summed E-state index contributed by atoms with van der Waals surface area (Å²) in [4.78, 5) is 12.1. The number of aromatic amines is 1. The van der Waals surface area contributed by atoms with Gasteiger partial charge in [-0.15, -0.1) is 0 Å². The van der Waals surface area contributed by atoms with Crippen LogP contribution in [0.4, 0.5) is 11.5 Å². The Labute approximate surface area is 104 Å². The summed E-state index contributed by atoms with van der Waals surface area (Å²) in [7, 11) is 1.53. The number of nitrogens with two attached hydrogens (primary N) is 1. The number of methoxy groups -OCH3 is 1. The van der Waals surface area contributed by atoms with Gasteiger partial charge in [0.05, 0.1) is 18.9 Å². The van der Waals surface area contributed by atoms with E-state index in [0.717, 1.165) is 5.56 Å². The molecular formula is C12H14N4O2. The van der Waals surface area contributed by atoms with Crippen LogP contribution in [0.15, 0.2) is 24.4 Å². The molecule has 0 spiro atoms. The van der Waals surface area contributed by atoms with Gasteiger partial charge in [0.2, 0.25) is 0 Å². The van der Waals surface area contributed by atoms with Gasteiger partial charge in [0.1, 0.15) is 11.6 Å². The molecule has 2 rings (SSSR count). The molecule has 0 aliphatic carbocycles. The molecular weight excluding hydrogens is 232 g/mol. The van der Waals surface area contributed by atoms with Gasteiger partial charge in [0.25, 0.3) is 5.91 Å². The maximum atomic E-state index is 12.1. The molecule has 1 amide bonds. The van der Waals surface area contributed by atoms with E-state index in [1.165, 1.54) is 7.11 Å². The Morgan fingerprint density at radius 1 is 1.50 bits per heavy atom. The number of nitrogen functional groups attached to an aromatic ring is 1. The van der Waals surface area contributed by atoms with Crippen molar-refractivity contribution in [1.29, 1.82) is 0 Å². The first-order chi connectivity index (χ1) is 8.61. The number of carbonyl (C=O) groups is 1. The number of amides is 1. The van der Waals surface area contributed by atoms with Crippen molar-refractivity contribution in [2.24, 2.45) is 0 Å². The van der Waals surface area contributed by atoms with Gasteiger partial charge in [-0.25, -0.2) is 0 Å². The summed E-state index contributed by atoms with van der Waals surface area (Å²) in [6.07, 6.45) is 1.63. The number of H-pyrrole nitrogens is 1. The van der Waals surface area contributed by atoms with Crippen LogP contribution in [0, 0.1) is 6.92 Å². The number of hydrogen-bond acceptors (Lipinski definition) is 4. The normalized spacial score (nSPS) is 10.1. The predicted octanol–water partition coefficient (Wildman–Crippen LogP) is 1.56. The Morgan fingerprint density at radius 2 is 2.28 bits per heavy atom. The van der Waals surface area contributed by atoms with Gasteiger partial charge in [0, 0.05) is 11.3 Å². The molecule has 0 bridgehead atoms. The summed E-state index contributed by atoms with van der Waals surface area (Å²) in [6, 6.07) is 4.93. The van der Waals surface area contributed by atoms with E-state index in [9.17, 15) is 4.79 Å². The molecule has 1 heterocycles. The van der Waals surface area contributed by atoms with Gasteiger partial charge in [-0.3, -0.25) is 9.89 Å². The lowest BCUT2D eigenvalue weighted by atomic mass is 10.1. The number of anilines is 2. The highest BCUT2D eigenvalue weighted by Gasteiger charge is 2.13. The minimum atomic E-state index is -0.307. The van der Waals surface area contributed by atoms with Crippen molar-refractivity contribution < 1.29 is 9.53 Å². The monoisotopic (exact) mass is 246 g/mol. The van der Waals surface area contributed by atoms with E-state index in [1.807, 2.05) is 6.92 Å². The minimum Gasteiger partial charge on any atom is -0.497 e. The van der Waals surface area contributed by atoms with Crippen LogP contribution in [-0.4, -0.2) is 23.2 Å². The number of benzene rings is 1. The van der Waals surface area contributed by atoms with Crippen LogP contribution in [0.3, 0.4) is 0 Å². The van der Waals surface area contributed by atoms with Gasteiger partial charge in [-0.1, -0.05) is 0 Å². The van der Waals surface area contributed by atoms with Crippen molar-refractivity contribution in [2.75, 3.05) is 18.2 Å². The Hall–Kier alpha value is -2.50. The number of hydrogen-bond donors (Lipinski definition) is 3. The zero-order valence-corrected chi connectivity index (χ0v) is 10.2. The van der Waals surface area contributed by atoms with Crippen LogP contribution in [-0.2, 0) is 0 Å². The average Bonchev–Trinajstić information content (AvgIpc) is 2.75. The standard InChI is InChI=1S/C12H14N4O2/c1-7-6-14-16-11(7)15-12(17)9-5-8(18-2)3-4-10(9)13/h3-6H,13H2,1-2H3,(H2,14,15,16,17). The lowest BCUT2D eigenvalue weighted by Gasteiger charge is -2.08. The number of rotatable bonds is 3. The summed E-state index contributed by atoms with van der Waals surface area (Å²) < 4.78 is 5.06. The van der Waals surface area contributed by atoms with E-state index in [-0.39, 0.29) is 5.91 Å². The topological polar surface area (TPSA) is 93.0 Å². The summed E-state index contributed by atoms with van der Waals surface area (Å²) in [6.45, 7) is 1.84. The number of nitrogens with one attached hydrogen (secondary N) is 2. The lowest BCUT2D eigenvalue weighted by Crippen LogP contribution is -2.15. The molecule has 1 aromatic heterocycles. The summed E-state index contributed by atoms with van der Waals surface area (Å²) >= 11 is 0. The maximum absolute atomic E-state index is 12.1. The van der Waals surface area contributed by atoms with E-state index in [2.05, 4.69) is 15.5 Å². The van der Waals surface area contributed by atoms with E-state index in [1.54, 1.807) is 24.4 Å². The van der Waals surface area contributed by atoms with Gasteiger partial charge in [0.15, 0.2) is 0 Å². The molecule has 0 atom stereocenters. The minimum absolute atomic E-state index is 0.307. The van der Waals surface area contributed by atoms with E-state index < -0.39 is 0 Å². The van der Waals surface area contributed by atoms with Crippen molar-refractivity contribution in [2.45, 2.75) is 6.92 Å². The molecule has 0 unspecified atom stereocenters. The average molecular weight is 246 g/mol. The number of nitrogens with zero attached hydrogens (tertiary/aromatic N) is 1. The Morgan fingerprint density at radius 3 is 2.89 bits per heavy atom. The number of aromatic nitrogens is 2.